The minimum absolute atomic E-state index is 0.610. The van der Waals surface area contributed by atoms with Crippen molar-refractivity contribution in [3.63, 3.8) is 0 Å². The number of aryl methyl sites for hydroxylation is 2. The van der Waals surface area contributed by atoms with Gasteiger partial charge in [-0.15, -0.1) is 0 Å². The first-order valence-corrected chi connectivity index (χ1v) is 13.8. The average molecular weight is 517 g/mol. The molecule has 0 aliphatic heterocycles. The Bertz CT molecular complexity index is 1370. The zero-order valence-electron chi connectivity index (χ0n) is 22.9. The Morgan fingerprint density at radius 1 is 0.744 bits per heavy atom. The molecule has 0 radical (unpaired) electrons. The minimum atomic E-state index is -0.855. The Balaban J connectivity index is 1.71. The number of hydrogen-bond donors (Lipinski definition) is 1. The summed E-state index contributed by atoms with van der Waals surface area (Å²) in [5, 5.41) is 11.8. The van der Waals surface area contributed by atoms with Gasteiger partial charge in [-0.1, -0.05) is 105 Å². The van der Waals surface area contributed by atoms with Crippen LogP contribution in [0.1, 0.15) is 65.9 Å². The summed E-state index contributed by atoms with van der Waals surface area (Å²) >= 11 is 0. The molecule has 4 heteroatoms. The van der Waals surface area contributed by atoms with E-state index in [-0.39, 0.29) is 0 Å². The third-order valence-corrected chi connectivity index (χ3v) is 7.52. The Kier molecular flexibility index (Phi) is 7.94. The molecule has 1 N–H and O–H groups in total. The van der Waals surface area contributed by atoms with Gasteiger partial charge in [0.25, 0.3) is 0 Å². The van der Waals surface area contributed by atoms with Gasteiger partial charge in [-0.3, -0.25) is 0 Å². The van der Waals surface area contributed by atoms with E-state index in [2.05, 4.69) is 103 Å². The fourth-order valence-electron chi connectivity index (χ4n) is 5.73. The molecule has 4 nitrogen and oxygen atoms in total. The number of aliphatic hydroxyl groups excluding tert-OH is 1. The van der Waals surface area contributed by atoms with Crippen LogP contribution >= 0.6 is 0 Å². The molecule has 5 aromatic rings. The van der Waals surface area contributed by atoms with Crippen molar-refractivity contribution < 1.29 is 9.84 Å². The summed E-state index contributed by atoms with van der Waals surface area (Å²) in [7, 11) is 0. The van der Waals surface area contributed by atoms with Gasteiger partial charge in [-0.05, 0) is 65.3 Å². The van der Waals surface area contributed by atoms with Gasteiger partial charge in [0.1, 0.15) is 17.4 Å². The molecule has 0 aliphatic rings. The van der Waals surface area contributed by atoms with Crippen LogP contribution in [-0.4, -0.2) is 21.3 Å². The summed E-state index contributed by atoms with van der Waals surface area (Å²) in [6.07, 6.45) is 4.60. The van der Waals surface area contributed by atoms with E-state index in [1.165, 1.54) is 0 Å². The van der Waals surface area contributed by atoms with Gasteiger partial charge in [0.15, 0.2) is 0 Å². The zero-order chi connectivity index (χ0) is 27.2. The lowest BCUT2D eigenvalue weighted by molar-refractivity contribution is 0.213. The van der Waals surface area contributed by atoms with E-state index >= 15 is 0 Å². The molecule has 0 saturated heterocycles. The summed E-state index contributed by atoms with van der Waals surface area (Å²) in [5.74, 6) is 0.851. The van der Waals surface area contributed by atoms with Crippen molar-refractivity contribution in [2.24, 2.45) is 0 Å². The van der Waals surface area contributed by atoms with Gasteiger partial charge in [0.2, 0.25) is 0 Å². The molecule has 39 heavy (non-hydrogen) atoms. The van der Waals surface area contributed by atoms with Crippen LogP contribution in [0, 0.1) is 0 Å². The largest absolute Gasteiger partial charge is 0.494 e. The molecular formula is C35H36N2O2. The minimum Gasteiger partial charge on any atom is -0.494 e. The van der Waals surface area contributed by atoms with Gasteiger partial charge >= 0.3 is 0 Å². The van der Waals surface area contributed by atoms with Crippen LogP contribution in [0.4, 0.5) is 0 Å². The molecule has 0 amide bonds. The van der Waals surface area contributed by atoms with E-state index in [0.717, 1.165) is 52.0 Å². The van der Waals surface area contributed by atoms with Crippen molar-refractivity contribution in [1.82, 2.24) is 9.55 Å². The first-order chi connectivity index (χ1) is 19.1. The summed E-state index contributed by atoms with van der Waals surface area (Å²) in [5.41, 5.74) is 6.39. The van der Waals surface area contributed by atoms with Gasteiger partial charge in [0, 0.05) is 6.20 Å². The third kappa shape index (κ3) is 4.88. The maximum Gasteiger partial charge on any atom is 0.123 e. The molecule has 1 unspecified atom stereocenters. The predicted molar refractivity (Wildman–Crippen MR) is 157 cm³/mol. The van der Waals surface area contributed by atoms with Crippen molar-refractivity contribution in [1.29, 1.82) is 0 Å². The Hall–Kier alpha value is -4.15. The SMILES string of the molecule is CCOc1cc(CC)c(C(O)c2cn(C(c3ccccc3)(c3ccccc3)c3ccccc3)cn2)c(CC)c1. The maximum absolute atomic E-state index is 11.8. The molecule has 0 fully saturated rings. The van der Waals surface area contributed by atoms with Crippen LogP contribution in [0.15, 0.2) is 116 Å². The van der Waals surface area contributed by atoms with E-state index < -0.39 is 11.6 Å². The third-order valence-electron chi connectivity index (χ3n) is 7.52. The number of rotatable bonds is 10. The normalized spacial score (nSPS) is 12.3. The van der Waals surface area contributed by atoms with Crippen molar-refractivity contribution in [3.05, 3.63) is 155 Å². The van der Waals surface area contributed by atoms with E-state index in [1.807, 2.05) is 37.6 Å². The van der Waals surface area contributed by atoms with Crippen molar-refractivity contribution >= 4 is 0 Å². The van der Waals surface area contributed by atoms with Crippen LogP contribution in [0.2, 0.25) is 0 Å². The fourth-order valence-corrected chi connectivity index (χ4v) is 5.73. The van der Waals surface area contributed by atoms with Gasteiger partial charge < -0.3 is 14.4 Å². The summed E-state index contributed by atoms with van der Waals surface area (Å²) in [4.78, 5) is 4.83. The van der Waals surface area contributed by atoms with Gasteiger partial charge in [-0.2, -0.15) is 0 Å². The molecule has 198 valence electrons. The maximum atomic E-state index is 11.8. The second-order valence-corrected chi connectivity index (χ2v) is 9.71. The molecule has 1 atom stereocenters. The Morgan fingerprint density at radius 2 is 1.21 bits per heavy atom. The van der Waals surface area contributed by atoms with Gasteiger partial charge in [-0.25, -0.2) is 4.98 Å². The van der Waals surface area contributed by atoms with Crippen LogP contribution in [0.5, 0.6) is 5.75 Å². The summed E-state index contributed by atoms with van der Waals surface area (Å²) in [6.45, 7) is 6.83. The number of ether oxygens (including phenoxy) is 1. The van der Waals surface area contributed by atoms with Crippen molar-refractivity contribution in [2.75, 3.05) is 6.61 Å². The highest BCUT2D eigenvalue weighted by molar-refractivity contribution is 5.51. The molecule has 1 heterocycles. The first-order valence-electron chi connectivity index (χ1n) is 13.8. The Morgan fingerprint density at radius 3 is 1.62 bits per heavy atom. The van der Waals surface area contributed by atoms with Crippen molar-refractivity contribution in [3.8, 4) is 5.75 Å². The monoisotopic (exact) mass is 516 g/mol. The van der Waals surface area contributed by atoms with Crippen LogP contribution < -0.4 is 4.74 Å². The van der Waals surface area contributed by atoms with Crippen LogP contribution in [0.3, 0.4) is 0 Å². The molecule has 0 spiro atoms. The number of benzene rings is 4. The quantitative estimate of drug-likeness (QED) is 0.198. The first kappa shape index (κ1) is 26.5. The molecule has 5 rings (SSSR count). The summed E-state index contributed by atoms with van der Waals surface area (Å²) < 4.78 is 7.98. The molecule has 0 bridgehead atoms. The van der Waals surface area contributed by atoms with E-state index in [0.29, 0.717) is 12.3 Å². The molecule has 4 aromatic carbocycles. The lowest BCUT2D eigenvalue weighted by Gasteiger charge is -2.37. The molecule has 1 aromatic heterocycles. The van der Waals surface area contributed by atoms with Gasteiger partial charge in [0.05, 0.1) is 18.6 Å². The second-order valence-electron chi connectivity index (χ2n) is 9.71. The topological polar surface area (TPSA) is 47.3 Å². The highest BCUT2D eigenvalue weighted by atomic mass is 16.5. The number of aliphatic hydroxyl groups is 1. The van der Waals surface area contributed by atoms with Crippen molar-refractivity contribution in [2.45, 2.75) is 45.3 Å². The van der Waals surface area contributed by atoms with Crippen LogP contribution in [-0.2, 0) is 18.4 Å². The summed E-state index contributed by atoms with van der Waals surface area (Å²) in [6, 6.07) is 35.6. The molecule has 0 aliphatic carbocycles. The average Bonchev–Trinajstić information content (AvgIpc) is 3.49. The highest BCUT2D eigenvalue weighted by Gasteiger charge is 2.38. The number of nitrogens with zero attached hydrogens (tertiary/aromatic N) is 2. The molecular weight excluding hydrogens is 480 g/mol. The highest BCUT2D eigenvalue weighted by Crippen LogP contribution is 2.41. The number of aromatic nitrogens is 2. The number of hydrogen-bond acceptors (Lipinski definition) is 3. The lowest BCUT2D eigenvalue weighted by atomic mass is 9.76. The van der Waals surface area contributed by atoms with Crippen LogP contribution in [0.25, 0.3) is 0 Å². The lowest BCUT2D eigenvalue weighted by Crippen LogP contribution is -2.37. The number of imidazole rings is 1. The fraction of sp³-hybridized carbons (Fsp3) is 0.229. The molecule has 0 saturated carbocycles. The standard InChI is InChI=1S/C35H36N2O2/c1-4-26-22-31(39-6-3)23-27(5-2)33(26)34(38)32-24-37(25-36-32)35(28-16-10-7-11-17-28,29-18-12-8-13-19-29)30-20-14-9-15-21-30/h7-25,34,38H,4-6H2,1-3H3. The second kappa shape index (κ2) is 11.7. The van der Waals surface area contributed by atoms with E-state index in [4.69, 9.17) is 9.72 Å². The smallest absolute Gasteiger partial charge is 0.123 e. The predicted octanol–water partition coefficient (Wildman–Crippen LogP) is 7.33. The Labute approximate surface area is 231 Å². The van der Waals surface area contributed by atoms with E-state index in [9.17, 15) is 5.11 Å². The zero-order valence-corrected chi connectivity index (χ0v) is 22.9. The van der Waals surface area contributed by atoms with E-state index in [1.54, 1.807) is 0 Å².